The molecular weight excluding hydrogens is 157 g/mol. The summed E-state index contributed by atoms with van der Waals surface area (Å²) in [5, 5.41) is 2.62. The lowest BCUT2D eigenvalue weighted by molar-refractivity contribution is -0.128. The van der Waals surface area contributed by atoms with Crippen molar-refractivity contribution in [1.29, 1.82) is 0 Å². The monoisotopic (exact) mass is 165 g/mol. The molecule has 0 radical (unpaired) electrons. The Bertz CT molecular complexity index is 316. The van der Waals surface area contributed by atoms with E-state index in [9.17, 15) is 9.18 Å². The summed E-state index contributed by atoms with van der Waals surface area (Å²) in [6.45, 7) is 0. The molecule has 1 amide bonds. The summed E-state index contributed by atoms with van der Waals surface area (Å²) < 4.78 is 13.0. The van der Waals surface area contributed by atoms with Gasteiger partial charge in [0.25, 0.3) is 0 Å². The van der Waals surface area contributed by atoms with Crippen molar-refractivity contribution in [3.8, 4) is 0 Å². The van der Waals surface area contributed by atoms with Crippen molar-refractivity contribution >= 4 is 5.91 Å². The average molecular weight is 165 g/mol. The van der Waals surface area contributed by atoms with Crippen molar-refractivity contribution in [3.63, 3.8) is 0 Å². The highest BCUT2D eigenvalue weighted by Crippen LogP contribution is 2.25. The molecule has 1 saturated heterocycles. The first kappa shape index (κ1) is 7.28. The summed E-state index contributed by atoms with van der Waals surface area (Å²) in [7, 11) is 0. The molecule has 2 rings (SSSR count). The van der Waals surface area contributed by atoms with Crippen molar-refractivity contribution in [2.75, 3.05) is 0 Å². The fourth-order valence-corrected chi connectivity index (χ4v) is 1.30. The van der Waals surface area contributed by atoms with Crippen molar-refractivity contribution < 1.29 is 9.18 Å². The molecule has 0 aliphatic carbocycles. The fraction of sp³-hybridized carbons (Fsp3) is 0.222. The van der Waals surface area contributed by atoms with Gasteiger partial charge in [-0.05, 0) is 6.07 Å². The van der Waals surface area contributed by atoms with Gasteiger partial charge in [-0.2, -0.15) is 0 Å². The van der Waals surface area contributed by atoms with Crippen molar-refractivity contribution in [2.45, 2.75) is 12.5 Å². The second-order valence-electron chi connectivity index (χ2n) is 2.85. The Morgan fingerprint density at radius 1 is 1.42 bits per heavy atom. The third-order valence-electron chi connectivity index (χ3n) is 2.01. The molecule has 1 aromatic rings. The second kappa shape index (κ2) is 2.59. The first-order valence-electron chi connectivity index (χ1n) is 3.81. The molecule has 1 N–H and O–H groups in total. The molecular formula is C9H8FNO. The minimum Gasteiger partial charge on any atom is -0.349 e. The number of amides is 1. The third kappa shape index (κ3) is 1.07. The van der Waals surface area contributed by atoms with E-state index in [0.29, 0.717) is 12.0 Å². The number of benzene rings is 1. The topological polar surface area (TPSA) is 29.1 Å². The fourth-order valence-electron chi connectivity index (χ4n) is 1.30. The predicted molar refractivity (Wildman–Crippen MR) is 41.9 cm³/mol. The average Bonchev–Trinajstić information content (AvgIpc) is 2.01. The molecule has 0 bridgehead atoms. The number of nitrogens with one attached hydrogen (secondary N) is 1. The number of carbonyl (C=O) groups excluding carboxylic acids is 1. The minimum atomic E-state index is -0.248. The Morgan fingerprint density at radius 3 is 2.67 bits per heavy atom. The number of carbonyl (C=O) groups is 1. The number of halogens is 1. The van der Waals surface area contributed by atoms with Gasteiger partial charge in [0.05, 0.1) is 12.5 Å². The zero-order valence-corrected chi connectivity index (χ0v) is 6.38. The van der Waals surface area contributed by atoms with Gasteiger partial charge in [0, 0.05) is 5.56 Å². The maximum absolute atomic E-state index is 13.0. The van der Waals surface area contributed by atoms with Crippen molar-refractivity contribution in [1.82, 2.24) is 5.32 Å². The predicted octanol–water partition coefficient (Wildman–Crippen LogP) is 1.39. The zero-order chi connectivity index (χ0) is 8.55. The quantitative estimate of drug-likeness (QED) is 0.626. The van der Waals surface area contributed by atoms with Gasteiger partial charge < -0.3 is 5.32 Å². The van der Waals surface area contributed by atoms with E-state index in [0.717, 1.165) is 0 Å². The normalized spacial score (nSPS) is 21.4. The summed E-state index contributed by atoms with van der Waals surface area (Å²) >= 11 is 0. The Labute approximate surface area is 69.4 Å². The Morgan fingerprint density at radius 2 is 2.08 bits per heavy atom. The molecule has 0 spiro atoms. The van der Waals surface area contributed by atoms with Gasteiger partial charge in [0.2, 0.25) is 5.91 Å². The van der Waals surface area contributed by atoms with Crippen LogP contribution in [-0.2, 0) is 4.79 Å². The second-order valence-corrected chi connectivity index (χ2v) is 2.85. The van der Waals surface area contributed by atoms with E-state index in [2.05, 4.69) is 5.32 Å². The Balaban J connectivity index is 2.23. The molecule has 1 atom stereocenters. The molecule has 62 valence electrons. The molecule has 0 saturated carbocycles. The van der Waals surface area contributed by atoms with E-state index in [1.165, 1.54) is 6.07 Å². The standard InChI is InChI=1S/C9H8FNO/c10-7-4-2-1-3-6(7)8-5-9(12)11-8/h1-4,8H,5H2,(H,11,12). The number of β-lactam (4-membered cyclic amide) rings is 1. The Kier molecular flexibility index (Phi) is 1.57. The van der Waals surface area contributed by atoms with Crippen LogP contribution in [-0.4, -0.2) is 5.91 Å². The smallest absolute Gasteiger partial charge is 0.222 e. The molecule has 12 heavy (non-hydrogen) atoms. The molecule has 1 fully saturated rings. The molecule has 1 aliphatic heterocycles. The first-order valence-corrected chi connectivity index (χ1v) is 3.81. The zero-order valence-electron chi connectivity index (χ0n) is 6.38. The molecule has 1 aromatic carbocycles. The van der Waals surface area contributed by atoms with E-state index in [1.807, 2.05) is 0 Å². The molecule has 1 unspecified atom stereocenters. The van der Waals surface area contributed by atoms with Gasteiger partial charge >= 0.3 is 0 Å². The van der Waals surface area contributed by atoms with Gasteiger partial charge in [-0.1, -0.05) is 18.2 Å². The Hall–Kier alpha value is -1.38. The van der Waals surface area contributed by atoms with E-state index >= 15 is 0 Å². The number of rotatable bonds is 1. The lowest BCUT2D eigenvalue weighted by Crippen LogP contribution is -2.41. The van der Waals surface area contributed by atoms with Crippen LogP contribution in [0.1, 0.15) is 18.0 Å². The highest BCUT2D eigenvalue weighted by atomic mass is 19.1. The lowest BCUT2D eigenvalue weighted by atomic mass is 9.97. The molecule has 0 aromatic heterocycles. The van der Waals surface area contributed by atoms with Crippen molar-refractivity contribution in [3.05, 3.63) is 35.6 Å². The van der Waals surface area contributed by atoms with Gasteiger partial charge in [-0.15, -0.1) is 0 Å². The minimum absolute atomic E-state index is 0.0109. The summed E-state index contributed by atoms with van der Waals surface area (Å²) in [5.74, 6) is -0.259. The summed E-state index contributed by atoms with van der Waals surface area (Å²) in [4.78, 5) is 10.6. The van der Waals surface area contributed by atoms with Crippen LogP contribution in [0.3, 0.4) is 0 Å². The van der Waals surface area contributed by atoms with Gasteiger partial charge in [-0.3, -0.25) is 4.79 Å². The van der Waals surface area contributed by atoms with Gasteiger partial charge in [0.1, 0.15) is 5.82 Å². The SMILES string of the molecule is O=C1CC(c2ccccc2F)N1. The lowest BCUT2D eigenvalue weighted by Gasteiger charge is -2.27. The van der Waals surface area contributed by atoms with E-state index < -0.39 is 0 Å². The van der Waals surface area contributed by atoms with Crippen LogP contribution in [0.15, 0.2) is 24.3 Å². The van der Waals surface area contributed by atoms with Crippen LogP contribution >= 0.6 is 0 Å². The van der Waals surface area contributed by atoms with Crippen LogP contribution in [0.4, 0.5) is 4.39 Å². The molecule has 3 heteroatoms. The van der Waals surface area contributed by atoms with Gasteiger partial charge in [-0.25, -0.2) is 4.39 Å². The maximum atomic E-state index is 13.0. The summed E-state index contributed by atoms with van der Waals surface area (Å²) in [6.07, 6.45) is 0.404. The maximum Gasteiger partial charge on any atom is 0.222 e. The number of hydrogen-bond acceptors (Lipinski definition) is 1. The van der Waals surface area contributed by atoms with Crippen LogP contribution in [0.2, 0.25) is 0 Å². The largest absolute Gasteiger partial charge is 0.349 e. The van der Waals surface area contributed by atoms with Crippen LogP contribution in [0.25, 0.3) is 0 Å². The van der Waals surface area contributed by atoms with Crippen molar-refractivity contribution in [2.24, 2.45) is 0 Å². The highest BCUT2D eigenvalue weighted by molar-refractivity contribution is 5.83. The molecule has 2 nitrogen and oxygen atoms in total. The van der Waals surface area contributed by atoms with Crippen LogP contribution < -0.4 is 5.32 Å². The van der Waals surface area contributed by atoms with E-state index in [4.69, 9.17) is 0 Å². The number of hydrogen-bond donors (Lipinski definition) is 1. The third-order valence-corrected chi connectivity index (χ3v) is 2.01. The summed E-state index contributed by atoms with van der Waals surface area (Å²) in [6, 6.07) is 6.39. The van der Waals surface area contributed by atoms with Crippen LogP contribution in [0, 0.1) is 5.82 Å². The van der Waals surface area contributed by atoms with Gasteiger partial charge in [0.15, 0.2) is 0 Å². The molecule has 1 heterocycles. The van der Waals surface area contributed by atoms with E-state index in [-0.39, 0.29) is 17.8 Å². The van der Waals surface area contributed by atoms with Crippen LogP contribution in [0.5, 0.6) is 0 Å². The first-order chi connectivity index (χ1) is 5.77. The summed E-state index contributed by atoms with van der Waals surface area (Å²) in [5.41, 5.74) is 0.581. The van der Waals surface area contributed by atoms with E-state index in [1.54, 1.807) is 18.2 Å². The highest BCUT2D eigenvalue weighted by Gasteiger charge is 2.28. The molecule has 1 aliphatic rings.